The molecule has 0 aromatic carbocycles. The fourth-order valence-corrected chi connectivity index (χ4v) is 0.385. The van der Waals surface area contributed by atoms with Crippen molar-refractivity contribution in [2.24, 2.45) is 5.11 Å². The van der Waals surface area contributed by atoms with Gasteiger partial charge in [0.05, 0.1) is 12.6 Å². The zero-order chi connectivity index (χ0) is 7.82. The second kappa shape index (κ2) is 5.60. The third-order valence-corrected chi connectivity index (χ3v) is 0.826. The molecule has 0 saturated heterocycles. The van der Waals surface area contributed by atoms with Crippen molar-refractivity contribution in [1.29, 1.82) is 5.26 Å². The van der Waals surface area contributed by atoms with Crippen LogP contribution >= 0.6 is 0 Å². The average molecular weight is 138 g/mol. The lowest BCUT2D eigenvalue weighted by Gasteiger charge is -1.86. The van der Waals surface area contributed by atoms with E-state index in [4.69, 9.17) is 10.8 Å². The monoisotopic (exact) mass is 138 g/mol. The molecule has 10 heavy (non-hydrogen) atoms. The first-order valence-corrected chi connectivity index (χ1v) is 2.70. The Bertz CT molecular complexity index is 198. The molecule has 0 radical (unpaired) electrons. The largest absolute Gasteiger partial charge is 0.300 e. The number of nitrogens with zero attached hydrogens (tertiary/aromatic N) is 4. The highest BCUT2D eigenvalue weighted by Gasteiger charge is 1.96. The van der Waals surface area contributed by atoms with E-state index >= 15 is 0 Å². The highest BCUT2D eigenvalue weighted by molar-refractivity contribution is 5.80. The van der Waals surface area contributed by atoms with Crippen molar-refractivity contribution < 1.29 is 4.79 Å². The second-order valence-electron chi connectivity index (χ2n) is 1.59. The molecule has 0 aromatic rings. The van der Waals surface area contributed by atoms with E-state index in [1.165, 1.54) is 0 Å². The number of nitriles is 1. The topological polar surface area (TPSA) is 89.6 Å². The van der Waals surface area contributed by atoms with Crippen LogP contribution in [-0.2, 0) is 4.79 Å². The van der Waals surface area contributed by atoms with E-state index in [1.54, 1.807) is 0 Å². The zero-order valence-corrected chi connectivity index (χ0v) is 5.32. The predicted molar refractivity (Wildman–Crippen MR) is 33.9 cm³/mol. The smallest absolute Gasteiger partial charge is 0.139 e. The maximum atomic E-state index is 10.5. The molecule has 0 rings (SSSR count). The van der Waals surface area contributed by atoms with Gasteiger partial charge in [0.2, 0.25) is 0 Å². The van der Waals surface area contributed by atoms with Crippen molar-refractivity contribution in [1.82, 2.24) is 0 Å². The Morgan fingerprint density at radius 3 is 3.00 bits per heavy atom. The Kier molecular flexibility index (Phi) is 4.75. The second-order valence-corrected chi connectivity index (χ2v) is 1.59. The highest BCUT2D eigenvalue weighted by atomic mass is 16.1. The molecule has 52 valence electrons. The first-order valence-electron chi connectivity index (χ1n) is 2.70. The van der Waals surface area contributed by atoms with E-state index in [2.05, 4.69) is 10.0 Å². The van der Waals surface area contributed by atoms with Gasteiger partial charge in [-0.3, -0.25) is 4.79 Å². The summed E-state index contributed by atoms with van der Waals surface area (Å²) in [5, 5.41) is 11.1. The van der Waals surface area contributed by atoms with Crippen LogP contribution in [0.1, 0.15) is 12.8 Å². The maximum absolute atomic E-state index is 10.5. The van der Waals surface area contributed by atoms with Gasteiger partial charge in [0, 0.05) is 17.8 Å². The van der Waals surface area contributed by atoms with Gasteiger partial charge in [-0.1, -0.05) is 5.11 Å². The van der Waals surface area contributed by atoms with Crippen molar-refractivity contribution in [3.63, 3.8) is 0 Å². The first kappa shape index (κ1) is 8.47. The lowest BCUT2D eigenvalue weighted by atomic mass is 10.2. The quantitative estimate of drug-likeness (QED) is 0.331. The summed E-state index contributed by atoms with van der Waals surface area (Å²) >= 11 is 0. The molecule has 0 aromatic heterocycles. The fourth-order valence-electron chi connectivity index (χ4n) is 0.385. The molecule has 0 saturated carbocycles. The third-order valence-electron chi connectivity index (χ3n) is 0.826. The van der Waals surface area contributed by atoms with Gasteiger partial charge in [0.15, 0.2) is 0 Å². The molecule has 5 nitrogen and oxygen atoms in total. The number of carbonyl (C=O) groups excluding carboxylic acids is 1. The minimum Gasteiger partial charge on any atom is -0.300 e. The molecule has 0 atom stereocenters. The summed E-state index contributed by atoms with van der Waals surface area (Å²) in [7, 11) is 0. The average Bonchev–Trinajstić information content (AvgIpc) is 1.97. The normalized spacial score (nSPS) is 7.50. The van der Waals surface area contributed by atoms with E-state index in [0.717, 1.165) is 0 Å². The van der Waals surface area contributed by atoms with Crippen molar-refractivity contribution >= 4 is 5.78 Å². The molecular formula is C5H6N4O. The molecule has 5 heteroatoms. The molecule has 0 aliphatic rings. The van der Waals surface area contributed by atoms with E-state index in [0.29, 0.717) is 0 Å². The minimum absolute atomic E-state index is 0.141. The summed E-state index contributed by atoms with van der Waals surface area (Å²) in [5.41, 5.74) is 7.78. The Morgan fingerprint density at radius 2 is 2.50 bits per heavy atom. The molecule has 0 spiro atoms. The van der Waals surface area contributed by atoms with Crippen molar-refractivity contribution in [2.75, 3.05) is 6.54 Å². The Balaban J connectivity index is 3.46. The summed E-state index contributed by atoms with van der Waals surface area (Å²) < 4.78 is 0. The van der Waals surface area contributed by atoms with Crippen LogP contribution in [0.3, 0.4) is 0 Å². The van der Waals surface area contributed by atoms with E-state index in [9.17, 15) is 4.79 Å². The molecule has 0 aliphatic heterocycles. The van der Waals surface area contributed by atoms with Crippen molar-refractivity contribution in [3.8, 4) is 6.07 Å². The van der Waals surface area contributed by atoms with Crippen LogP contribution in [0.4, 0.5) is 0 Å². The van der Waals surface area contributed by atoms with Gasteiger partial charge in [-0.2, -0.15) is 5.26 Å². The Hall–Kier alpha value is -1.53. The summed E-state index contributed by atoms with van der Waals surface area (Å²) in [4.78, 5) is 12.9. The lowest BCUT2D eigenvalue weighted by molar-refractivity contribution is -0.117. The first-order chi connectivity index (χ1) is 4.81. The fraction of sp³-hybridized carbons (Fsp3) is 0.600. The van der Waals surface area contributed by atoms with E-state index in [1.807, 2.05) is 6.07 Å². The van der Waals surface area contributed by atoms with Crippen LogP contribution < -0.4 is 0 Å². The molecule has 0 N–H and O–H groups in total. The maximum Gasteiger partial charge on any atom is 0.139 e. The van der Waals surface area contributed by atoms with Gasteiger partial charge in [-0.05, 0) is 5.53 Å². The van der Waals surface area contributed by atoms with Crippen LogP contribution in [0, 0.1) is 11.3 Å². The molecule has 0 heterocycles. The van der Waals surface area contributed by atoms with Crippen LogP contribution in [0.2, 0.25) is 0 Å². The highest BCUT2D eigenvalue weighted by Crippen LogP contribution is 1.89. The summed E-state index contributed by atoms with van der Waals surface area (Å²) in [5.74, 6) is -0.195. The van der Waals surface area contributed by atoms with Gasteiger partial charge < -0.3 is 0 Å². The van der Waals surface area contributed by atoms with E-state index in [-0.39, 0.29) is 25.2 Å². The number of azide groups is 1. The molecule has 0 aliphatic carbocycles. The Morgan fingerprint density at radius 1 is 1.80 bits per heavy atom. The third kappa shape index (κ3) is 4.62. The number of hydrogen-bond donors (Lipinski definition) is 0. The van der Waals surface area contributed by atoms with Crippen LogP contribution in [0.5, 0.6) is 0 Å². The van der Waals surface area contributed by atoms with Crippen molar-refractivity contribution in [3.05, 3.63) is 10.4 Å². The van der Waals surface area contributed by atoms with Crippen LogP contribution in [0.25, 0.3) is 10.4 Å². The SMILES string of the molecule is N#CCCC(=O)CN=[N+]=[N-]. The molecule has 0 amide bonds. The van der Waals surface area contributed by atoms with Gasteiger partial charge in [-0.15, -0.1) is 0 Å². The molecular weight excluding hydrogens is 132 g/mol. The van der Waals surface area contributed by atoms with Gasteiger partial charge in [0.1, 0.15) is 5.78 Å². The van der Waals surface area contributed by atoms with E-state index < -0.39 is 0 Å². The molecule has 0 bridgehead atoms. The summed E-state index contributed by atoms with van der Waals surface area (Å²) in [6.45, 7) is -0.141. The molecule has 0 fully saturated rings. The van der Waals surface area contributed by atoms with Crippen LogP contribution in [0.15, 0.2) is 5.11 Å². The molecule has 0 unspecified atom stereocenters. The number of Topliss-reactive ketones (excluding diaryl/α,β-unsaturated/α-hetero) is 1. The zero-order valence-electron chi connectivity index (χ0n) is 5.32. The Labute approximate surface area is 57.9 Å². The predicted octanol–water partition coefficient (Wildman–Crippen LogP) is 1.17. The van der Waals surface area contributed by atoms with Crippen molar-refractivity contribution in [2.45, 2.75) is 12.8 Å². The van der Waals surface area contributed by atoms with Gasteiger partial charge in [0.25, 0.3) is 0 Å². The summed E-state index contributed by atoms with van der Waals surface area (Å²) in [6.07, 6.45) is 0.370. The van der Waals surface area contributed by atoms with Gasteiger partial charge in [-0.25, -0.2) is 0 Å². The van der Waals surface area contributed by atoms with Gasteiger partial charge >= 0.3 is 0 Å². The standard InChI is InChI=1S/C5H6N4O/c6-3-1-2-5(10)4-8-9-7/h1-2,4H2. The number of ketones is 1. The van der Waals surface area contributed by atoms with Crippen LogP contribution in [-0.4, -0.2) is 12.3 Å². The number of rotatable bonds is 4. The minimum atomic E-state index is -0.195. The number of hydrogen-bond acceptors (Lipinski definition) is 3. The summed E-state index contributed by atoms with van der Waals surface area (Å²) in [6, 6.07) is 1.82. The lowest BCUT2D eigenvalue weighted by Crippen LogP contribution is -1.99. The number of carbonyl (C=O) groups is 1.